The largest absolute Gasteiger partial charge is 0.326 e. The van der Waals surface area contributed by atoms with E-state index in [0.717, 1.165) is 16.8 Å². The average Bonchev–Trinajstić information content (AvgIpc) is 3.45. The van der Waals surface area contributed by atoms with Crippen molar-refractivity contribution in [3.8, 4) is 11.1 Å². The van der Waals surface area contributed by atoms with E-state index in [1.54, 1.807) is 30.5 Å². The molecule has 1 aliphatic rings. The number of nitrogens with zero attached hydrogens (tertiary/aromatic N) is 5. The van der Waals surface area contributed by atoms with E-state index in [2.05, 4.69) is 36.3 Å². The number of Topliss-reactive ketones (excluding diaryl/α,β-unsaturated/α-hetero) is 1. The van der Waals surface area contributed by atoms with Gasteiger partial charge in [-0.3, -0.25) is 24.0 Å². The number of halogens is 2. The number of aryl methyl sites for hydroxylation is 1. The van der Waals surface area contributed by atoms with E-state index in [9.17, 15) is 18.8 Å². The number of ketones is 1. The monoisotopic (exact) mass is 578 g/mol. The summed E-state index contributed by atoms with van der Waals surface area (Å²) in [5.74, 6) is -0.944. The molecule has 2 atom stereocenters. The second kappa shape index (κ2) is 10.4. The highest BCUT2D eigenvalue weighted by Gasteiger charge is 2.40. The molecule has 1 aliphatic heterocycles. The third-order valence-electron chi connectivity index (χ3n) is 6.45. The minimum Gasteiger partial charge on any atom is -0.326 e. The zero-order valence-electron chi connectivity index (χ0n) is 20.7. The number of pyridine rings is 2. The molecular weight excluding hydrogens is 555 g/mol. The number of nitrogens with one attached hydrogen (secondary N) is 1. The Kier molecular flexibility index (Phi) is 7.02. The Labute approximate surface area is 226 Å². The Hall–Kier alpha value is -3.99. The molecule has 1 saturated heterocycles. The quantitative estimate of drug-likeness (QED) is 0.269. The summed E-state index contributed by atoms with van der Waals surface area (Å²) >= 11 is 3.25. The third kappa shape index (κ3) is 5.19. The number of aromatic nitrogens is 4. The predicted molar refractivity (Wildman–Crippen MR) is 143 cm³/mol. The smallest absolute Gasteiger partial charge is 0.248 e. The fourth-order valence-corrected chi connectivity index (χ4v) is 4.94. The maximum atomic E-state index is 14.4. The molecule has 4 aromatic rings. The van der Waals surface area contributed by atoms with Gasteiger partial charge in [0, 0.05) is 36.2 Å². The van der Waals surface area contributed by atoms with Gasteiger partial charge in [-0.05, 0) is 58.7 Å². The van der Waals surface area contributed by atoms with Gasteiger partial charge in [0.15, 0.2) is 5.78 Å². The summed E-state index contributed by atoms with van der Waals surface area (Å²) < 4.78 is 16.4. The van der Waals surface area contributed by atoms with Gasteiger partial charge >= 0.3 is 0 Å². The van der Waals surface area contributed by atoms with Gasteiger partial charge in [0.05, 0.1) is 12.1 Å². The highest BCUT2D eigenvalue weighted by molar-refractivity contribution is 9.10. The molecule has 3 aromatic heterocycles. The molecule has 2 amide bonds. The number of hydrogen-bond donors (Lipinski definition) is 1. The van der Waals surface area contributed by atoms with Crippen LogP contribution in [0.2, 0.25) is 0 Å². The van der Waals surface area contributed by atoms with Crippen molar-refractivity contribution in [3.63, 3.8) is 0 Å². The molecule has 5 rings (SSSR count). The van der Waals surface area contributed by atoms with Gasteiger partial charge in [0.1, 0.15) is 34.9 Å². The number of benzene rings is 1. The number of hydrogen-bond acceptors (Lipinski definition) is 6. The summed E-state index contributed by atoms with van der Waals surface area (Å²) in [5, 5.41) is 7.67. The Bertz CT molecular complexity index is 1550. The lowest BCUT2D eigenvalue weighted by atomic mass is 10.0. The number of rotatable bonds is 6. The first kappa shape index (κ1) is 25.7. The number of fused-ring (bicyclic) bond motifs is 1. The fourth-order valence-electron chi connectivity index (χ4n) is 4.59. The number of likely N-dealkylation sites (tertiary alicyclic amines) is 1. The molecule has 0 aliphatic carbocycles. The van der Waals surface area contributed by atoms with Crippen LogP contribution < -0.4 is 5.32 Å². The summed E-state index contributed by atoms with van der Waals surface area (Å²) in [6.07, 6.45) is 0.309. The number of alkyl halides is 1. The van der Waals surface area contributed by atoms with Crippen LogP contribution in [0.3, 0.4) is 0 Å². The first-order chi connectivity index (χ1) is 18.2. The molecular formula is C27H24BrFN6O3. The maximum absolute atomic E-state index is 14.4. The van der Waals surface area contributed by atoms with Crippen molar-refractivity contribution >= 4 is 50.2 Å². The molecule has 9 nitrogen and oxygen atoms in total. The number of carbonyl (C=O) groups excluding carboxylic acids is 3. The lowest BCUT2D eigenvalue weighted by Crippen LogP contribution is -2.44. The van der Waals surface area contributed by atoms with Gasteiger partial charge in [-0.15, -0.1) is 0 Å². The van der Waals surface area contributed by atoms with Crippen molar-refractivity contribution in [2.75, 3.05) is 11.9 Å². The Morgan fingerprint density at radius 1 is 1.13 bits per heavy atom. The van der Waals surface area contributed by atoms with E-state index >= 15 is 0 Å². The molecule has 0 saturated carbocycles. The molecule has 0 spiro atoms. The van der Waals surface area contributed by atoms with Crippen LogP contribution in [0.15, 0.2) is 59.3 Å². The van der Waals surface area contributed by atoms with E-state index in [1.807, 2.05) is 31.2 Å². The highest BCUT2D eigenvalue weighted by atomic mass is 79.9. The van der Waals surface area contributed by atoms with E-state index in [-0.39, 0.29) is 31.0 Å². The lowest BCUT2D eigenvalue weighted by molar-refractivity contribution is -0.137. The molecule has 0 radical (unpaired) electrons. The van der Waals surface area contributed by atoms with Gasteiger partial charge in [0.2, 0.25) is 11.8 Å². The first-order valence-corrected chi connectivity index (χ1v) is 12.8. The Balaban J connectivity index is 1.41. The lowest BCUT2D eigenvalue weighted by Gasteiger charge is -2.23. The zero-order chi connectivity index (χ0) is 27.0. The molecule has 1 fully saturated rings. The zero-order valence-corrected chi connectivity index (χ0v) is 22.3. The number of carbonyl (C=O) groups is 3. The standard InChI is InChI=1S/C27H24BrFN6O3/c1-15-6-7-18(12-30-15)17-8-9-21-20(10-17)26(16(2)36)33-35(21)14-25(37)34-13-19(29)11-22(34)27(38)32-24-5-3-4-23(28)31-24/h3-10,12,19,22H,11,13-14H2,1-2H3,(H,31,32,38)/t19-,22+/m1/s1. The van der Waals surface area contributed by atoms with E-state index < -0.39 is 24.0 Å². The molecule has 0 unspecified atom stereocenters. The molecule has 0 bridgehead atoms. The summed E-state index contributed by atoms with van der Waals surface area (Å²) in [6, 6.07) is 13.4. The predicted octanol–water partition coefficient (Wildman–Crippen LogP) is 4.34. The van der Waals surface area contributed by atoms with E-state index in [0.29, 0.717) is 21.3 Å². The van der Waals surface area contributed by atoms with Gasteiger partial charge in [-0.2, -0.15) is 5.10 Å². The Morgan fingerprint density at radius 2 is 1.92 bits per heavy atom. The molecule has 1 aromatic carbocycles. The van der Waals surface area contributed by atoms with Crippen LogP contribution in [0.25, 0.3) is 22.0 Å². The second-order valence-electron chi connectivity index (χ2n) is 9.21. The molecule has 11 heteroatoms. The molecule has 4 heterocycles. The highest BCUT2D eigenvalue weighted by Crippen LogP contribution is 2.28. The number of amides is 2. The topological polar surface area (TPSA) is 110 Å². The van der Waals surface area contributed by atoms with Crippen LogP contribution in [0.4, 0.5) is 10.2 Å². The van der Waals surface area contributed by atoms with Gasteiger partial charge in [0.25, 0.3) is 0 Å². The normalized spacial score (nSPS) is 17.1. The van der Waals surface area contributed by atoms with E-state index in [4.69, 9.17) is 0 Å². The minimum atomic E-state index is -1.34. The summed E-state index contributed by atoms with van der Waals surface area (Å²) in [6.45, 7) is 2.87. The summed E-state index contributed by atoms with van der Waals surface area (Å²) in [5.41, 5.74) is 3.45. The van der Waals surface area contributed by atoms with Gasteiger partial charge < -0.3 is 10.2 Å². The van der Waals surface area contributed by atoms with Gasteiger partial charge in [-0.25, -0.2) is 9.37 Å². The first-order valence-electron chi connectivity index (χ1n) is 12.0. The average molecular weight is 579 g/mol. The molecule has 194 valence electrons. The minimum absolute atomic E-state index is 0.113. The van der Waals surface area contributed by atoms with Gasteiger partial charge in [-0.1, -0.05) is 18.2 Å². The van der Waals surface area contributed by atoms with Crippen LogP contribution >= 0.6 is 15.9 Å². The van der Waals surface area contributed by atoms with Crippen molar-refractivity contribution in [2.45, 2.75) is 39.0 Å². The second-order valence-corrected chi connectivity index (χ2v) is 10.0. The van der Waals surface area contributed by atoms with Crippen molar-refractivity contribution in [1.82, 2.24) is 24.6 Å². The fraction of sp³-hybridized carbons (Fsp3) is 0.259. The third-order valence-corrected chi connectivity index (χ3v) is 6.89. The van der Waals surface area contributed by atoms with Crippen LogP contribution in [0.1, 0.15) is 29.5 Å². The van der Waals surface area contributed by atoms with Crippen molar-refractivity contribution in [1.29, 1.82) is 0 Å². The van der Waals surface area contributed by atoms with Crippen LogP contribution in [-0.4, -0.2) is 61.0 Å². The summed E-state index contributed by atoms with van der Waals surface area (Å²) in [7, 11) is 0. The van der Waals surface area contributed by atoms with Crippen molar-refractivity contribution in [2.24, 2.45) is 0 Å². The SMILES string of the molecule is CC(=O)c1nn(CC(=O)N2C[C@H](F)C[C@H]2C(=O)Nc2cccc(Br)n2)c2ccc(-c3ccc(C)nc3)cc12. The number of anilines is 1. The molecule has 1 N–H and O–H groups in total. The van der Waals surface area contributed by atoms with Crippen LogP contribution in [-0.2, 0) is 16.1 Å². The van der Waals surface area contributed by atoms with Crippen molar-refractivity contribution in [3.05, 3.63) is 70.7 Å². The summed E-state index contributed by atoms with van der Waals surface area (Å²) in [4.78, 5) is 48.4. The Morgan fingerprint density at radius 3 is 2.63 bits per heavy atom. The maximum Gasteiger partial charge on any atom is 0.248 e. The van der Waals surface area contributed by atoms with Crippen molar-refractivity contribution < 1.29 is 18.8 Å². The molecule has 38 heavy (non-hydrogen) atoms. The van der Waals surface area contributed by atoms with Crippen LogP contribution in [0.5, 0.6) is 0 Å². The van der Waals surface area contributed by atoms with E-state index in [1.165, 1.54) is 16.5 Å². The van der Waals surface area contributed by atoms with Crippen LogP contribution in [0, 0.1) is 6.92 Å².